The number of hydrogen-bond donors (Lipinski definition) is 1. The summed E-state index contributed by atoms with van der Waals surface area (Å²) in [6, 6.07) is 3.94. The zero-order valence-electron chi connectivity index (χ0n) is 14.4. The van der Waals surface area contributed by atoms with E-state index >= 15 is 0 Å². The molecule has 0 aliphatic heterocycles. The summed E-state index contributed by atoms with van der Waals surface area (Å²) in [7, 11) is 1.82. The smallest absolute Gasteiger partial charge is 0.228 e. The number of likely N-dealkylation sites (N-methyl/N-ethyl adjacent to an activating group) is 1. The molecule has 2 rings (SSSR count). The number of hydrogen-bond acceptors (Lipinski definition) is 5. The molecule has 2 heterocycles. The summed E-state index contributed by atoms with van der Waals surface area (Å²) in [6.07, 6.45) is 1.14. The SMILES string of the molecule is CC(C)C(N)CCN(C)C(=O)Cc1csc(-c2ccc(Cl)s2)n1.Cl.Cl. The third kappa shape index (κ3) is 7.41. The molecule has 9 heteroatoms. The van der Waals surface area contributed by atoms with Crippen LogP contribution in [-0.2, 0) is 11.2 Å². The second-order valence-corrected chi connectivity index (χ2v) is 8.51. The first-order valence-corrected chi connectivity index (χ1v) is 9.64. The Labute approximate surface area is 174 Å². The van der Waals surface area contributed by atoms with Gasteiger partial charge in [0.25, 0.3) is 0 Å². The van der Waals surface area contributed by atoms with E-state index in [9.17, 15) is 4.79 Å². The average Bonchev–Trinajstić information content (AvgIpc) is 3.12. The molecule has 1 unspecified atom stereocenters. The van der Waals surface area contributed by atoms with Gasteiger partial charge in [-0.3, -0.25) is 4.79 Å². The summed E-state index contributed by atoms with van der Waals surface area (Å²) in [5, 5.41) is 2.85. The predicted octanol–water partition coefficient (Wildman–Crippen LogP) is 4.74. The predicted molar refractivity (Wildman–Crippen MR) is 114 cm³/mol. The lowest BCUT2D eigenvalue weighted by atomic mass is 10.0. The normalized spacial score (nSPS) is 11.6. The molecule has 0 saturated heterocycles. The van der Waals surface area contributed by atoms with Crippen LogP contribution >= 0.6 is 59.1 Å². The monoisotopic (exact) mass is 443 g/mol. The number of carbonyl (C=O) groups is 1. The standard InChI is InChI=1S/C16H22ClN3OS2.2ClH/c1-10(2)12(18)6-7-20(3)15(21)8-11-9-22-16(19-11)13-4-5-14(17)23-13;;/h4-5,9-10,12H,6-8,18H2,1-3H3;2*1H. The quantitative estimate of drug-likeness (QED) is 0.670. The first-order valence-electron chi connectivity index (χ1n) is 7.56. The number of thiazole rings is 1. The van der Waals surface area contributed by atoms with E-state index in [0.29, 0.717) is 18.9 Å². The second-order valence-electron chi connectivity index (χ2n) is 5.94. The van der Waals surface area contributed by atoms with Crippen LogP contribution in [0.4, 0.5) is 0 Å². The highest BCUT2D eigenvalue weighted by molar-refractivity contribution is 7.23. The molecule has 0 saturated carbocycles. The van der Waals surface area contributed by atoms with Crippen LogP contribution in [-0.4, -0.2) is 35.4 Å². The summed E-state index contributed by atoms with van der Waals surface area (Å²) in [5.41, 5.74) is 6.83. The molecule has 0 aliphatic rings. The molecular weight excluding hydrogens is 421 g/mol. The molecule has 25 heavy (non-hydrogen) atoms. The van der Waals surface area contributed by atoms with Crippen LogP contribution in [0.25, 0.3) is 9.88 Å². The number of aromatic nitrogens is 1. The van der Waals surface area contributed by atoms with E-state index in [2.05, 4.69) is 18.8 Å². The number of amides is 1. The van der Waals surface area contributed by atoms with E-state index in [-0.39, 0.29) is 36.8 Å². The Bertz CT molecular complexity index is 661. The molecule has 2 aromatic rings. The highest BCUT2D eigenvalue weighted by atomic mass is 35.5. The van der Waals surface area contributed by atoms with Gasteiger partial charge in [0.05, 0.1) is 21.3 Å². The summed E-state index contributed by atoms with van der Waals surface area (Å²) in [6.45, 7) is 4.87. The summed E-state index contributed by atoms with van der Waals surface area (Å²) in [5.74, 6) is 0.499. The van der Waals surface area contributed by atoms with Crippen molar-refractivity contribution in [3.63, 3.8) is 0 Å². The number of carbonyl (C=O) groups excluding carboxylic acids is 1. The first kappa shape index (κ1) is 24.6. The average molecular weight is 445 g/mol. The maximum Gasteiger partial charge on any atom is 0.228 e. The summed E-state index contributed by atoms with van der Waals surface area (Å²) >= 11 is 8.99. The van der Waals surface area contributed by atoms with Crippen LogP contribution in [0.2, 0.25) is 4.34 Å². The third-order valence-corrected chi connectivity index (χ3v) is 6.04. The molecule has 0 aromatic carbocycles. The highest BCUT2D eigenvalue weighted by Crippen LogP contribution is 2.33. The van der Waals surface area contributed by atoms with Crippen molar-refractivity contribution in [1.82, 2.24) is 9.88 Å². The fourth-order valence-corrected chi connectivity index (χ4v) is 3.96. The van der Waals surface area contributed by atoms with Crippen LogP contribution in [0.3, 0.4) is 0 Å². The molecule has 0 spiro atoms. The van der Waals surface area contributed by atoms with Crippen molar-refractivity contribution in [3.8, 4) is 9.88 Å². The van der Waals surface area contributed by atoms with Gasteiger partial charge < -0.3 is 10.6 Å². The minimum Gasteiger partial charge on any atom is -0.345 e. The minimum atomic E-state index is 0. The Kier molecular flexibility index (Phi) is 11.2. The lowest BCUT2D eigenvalue weighted by Crippen LogP contribution is -2.35. The molecule has 2 N–H and O–H groups in total. The van der Waals surface area contributed by atoms with Crippen molar-refractivity contribution in [2.24, 2.45) is 11.7 Å². The second kappa shape index (κ2) is 11.4. The van der Waals surface area contributed by atoms with Gasteiger partial charge in [0.2, 0.25) is 5.91 Å². The van der Waals surface area contributed by atoms with Crippen molar-refractivity contribution < 1.29 is 4.79 Å². The van der Waals surface area contributed by atoms with E-state index in [0.717, 1.165) is 26.3 Å². The third-order valence-electron chi connectivity index (χ3n) is 3.75. The number of nitrogens with two attached hydrogens (primary N) is 1. The molecule has 142 valence electrons. The molecule has 0 radical (unpaired) electrons. The Morgan fingerprint density at radius 2 is 2.04 bits per heavy atom. The Hall–Kier alpha value is -0.370. The number of rotatable bonds is 7. The Morgan fingerprint density at radius 1 is 1.36 bits per heavy atom. The fourth-order valence-electron chi connectivity index (χ4n) is 2.02. The Morgan fingerprint density at radius 3 is 2.60 bits per heavy atom. The number of nitrogens with zero attached hydrogens (tertiary/aromatic N) is 2. The molecule has 0 fully saturated rings. The van der Waals surface area contributed by atoms with Gasteiger partial charge >= 0.3 is 0 Å². The minimum absolute atomic E-state index is 0. The lowest BCUT2D eigenvalue weighted by Gasteiger charge is -2.21. The molecule has 4 nitrogen and oxygen atoms in total. The lowest BCUT2D eigenvalue weighted by molar-refractivity contribution is -0.129. The highest BCUT2D eigenvalue weighted by Gasteiger charge is 2.15. The zero-order chi connectivity index (χ0) is 17.0. The van der Waals surface area contributed by atoms with Gasteiger partial charge in [-0.2, -0.15) is 0 Å². The Balaban J connectivity index is 0.00000288. The van der Waals surface area contributed by atoms with Crippen LogP contribution in [0, 0.1) is 5.92 Å². The molecule has 1 atom stereocenters. The van der Waals surface area contributed by atoms with E-state index < -0.39 is 0 Å². The van der Waals surface area contributed by atoms with Crippen LogP contribution in [0.15, 0.2) is 17.5 Å². The molecule has 2 aromatic heterocycles. The maximum atomic E-state index is 12.3. The summed E-state index contributed by atoms with van der Waals surface area (Å²) in [4.78, 5) is 19.6. The van der Waals surface area contributed by atoms with E-state index in [4.69, 9.17) is 17.3 Å². The van der Waals surface area contributed by atoms with Gasteiger partial charge in [-0.25, -0.2) is 4.98 Å². The van der Waals surface area contributed by atoms with Crippen LogP contribution in [0.1, 0.15) is 26.0 Å². The van der Waals surface area contributed by atoms with Gasteiger partial charge in [0, 0.05) is 25.0 Å². The van der Waals surface area contributed by atoms with Gasteiger partial charge in [-0.05, 0) is 24.5 Å². The van der Waals surface area contributed by atoms with Crippen molar-refractivity contribution in [2.75, 3.05) is 13.6 Å². The molecule has 0 aliphatic carbocycles. The van der Waals surface area contributed by atoms with Crippen molar-refractivity contribution in [1.29, 1.82) is 0 Å². The van der Waals surface area contributed by atoms with E-state index in [1.165, 1.54) is 11.3 Å². The fraction of sp³-hybridized carbons (Fsp3) is 0.500. The van der Waals surface area contributed by atoms with Crippen molar-refractivity contribution >= 4 is 65.0 Å². The van der Waals surface area contributed by atoms with Crippen LogP contribution in [0.5, 0.6) is 0 Å². The van der Waals surface area contributed by atoms with Gasteiger partial charge in [0.1, 0.15) is 5.01 Å². The molecular formula is C16H24Cl3N3OS2. The van der Waals surface area contributed by atoms with Crippen molar-refractivity contribution in [2.45, 2.75) is 32.7 Å². The van der Waals surface area contributed by atoms with E-state index in [1.54, 1.807) is 16.2 Å². The largest absolute Gasteiger partial charge is 0.345 e. The molecule has 1 amide bonds. The first-order chi connectivity index (χ1) is 10.9. The van der Waals surface area contributed by atoms with E-state index in [1.807, 2.05) is 24.6 Å². The van der Waals surface area contributed by atoms with Crippen LogP contribution < -0.4 is 5.73 Å². The van der Waals surface area contributed by atoms with Gasteiger partial charge in [-0.1, -0.05) is 25.4 Å². The number of thiophene rings is 1. The van der Waals surface area contributed by atoms with Gasteiger partial charge in [-0.15, -0.1) is 47.5 Å². The maximum absolute atomic E-state index is 12.3. The number of halogens is 3. The topological polar surface area (TPSA) is 59.2 Å². The zero-order valence-corrected chi connectivity index (χ0v) is 18.4. The van der Waals surface area contributed by atoms with Crippen molar-refractivity contribution in [3.05, 3.63) is 27.5 Å². The summed E-state index contributed by atoms with van der Waals surface area (Å²) < 4.78 is 0.744. The molecule has 0 bridgehead atoms. The van der Waals surface area contributed by atoms with Gasteiger partial charge in [0.15, 0.2) is 0 Å².